The van der Waals surface area contributed by atoms with Crippen LogP contribution in [0.25, 0.3) is 5.52 Å². The van der Waals surface area contributed by atoms with Gasteiger partial charge in [0.05, 0.1) is 12.1 Å². The highest BCUT2D eigenvalue weighted by molar-refractivity contribution is 5.66. The lowest BCUT2D eigenvalue weighted by Gasteiger charge is -2.16. The summed E-state index contributed by atoms with van der Waals surface area (Å²) in [6.07, 6.45) is 6.18. The number of carboxylic acids is 1. The normalized spacial score (nSPS) is 18.1. The first-order valence-corrected chi connectivity index (χ1v) is 6.87. The number of carboxylic acid groups (broad SMARTS) is 1. The molecule has 3 rings (SSSR count). The predicted octanol–water partition coefficient (Wildman–Crippen LogP) is 1.10. The summed E-state index contributed by atoms with van der Waals surface area (Å²) in [5.74, 6) is -0.344. The van der Waals surface area contributed by atoms with Crippen LogP contribution in [0.15, 0.2) is 17.2 Å². The smallest absolute Gasteiger partial charge is 0.305 e. The van der Waals surface area contributed by atoms with Crippen molar-refractivity contribution in [2.24, 2.45) is 5.92 Å². The average molecular weight is 275 g/mol. The molecule has 0 spiro atoms. The lowest BCUT2D eigenvalue weighted by Crippen LogP contribution is -2.23. The Morgan fingerprint density at radius 1 is 1.50 bits per heavy atom. The molecule has 0 bridgehead atoms. The minimum absolute atomic E-state index is 0.0528. The third-order valence-corrected chi connectivity index (χ3v) is 3.94. The zero-order valence-electron chi connectivity index (χ0n) is 11.4. The lowest BCUT2D eigenvalue weighted by atomic mass is 9.88. The molecule has 106 valence electrons. The summed E-state index contributed by atoms with van der Waals surface area (Å²) in [5, 5.41) is 13.2. The minimum Gasteiger partial charge on any atom is -0.481 e. The highest BCUT2D eigenvalue weighted by atomic mass is 16.4. The van der Waals surface area contributed by atoms with Crippen molar-refractivity contribution in [2.45, 2.75) is 39.2 Å². The fourth-order valence-electron chi connectivity index (χ4n) is 2.84. The molecule has 0 aliphatic heterocycles. The second-order valence-electron chi connectivity index (χ2n) is 5.51. The number of hydrogen-bond donors (Lipinski definition) is 1. The molecule has 0 amide bonds. The van der Waals surface area contributed by atoms with Gasteiger partial charge < -0.3 is 9.67 Å². The first kappa shape index (κ1) is 12.9. The topological polar surface area (TPSA) is 76.6 Å². The summed E-state index contributed by atoms with van der Waals surface area (Å²) in [5.41, 5.74) is 2.52. The molecule has 1 aliphatic carbocycles. The van der Waals surface area contributed by atoms with Crippen LogP contribution >= 0.6 is 0 Å². The molecule has 0 unspecified atom stereocenters. The van der Waals surface area contributed by atoms with Gasteiger partial charge in [0.2, 0.25) is 0 Å². The van der Waals surface area contributed by atoms with E-state index < -0.39 is 5.97 Å². The van der Waals surface area contributed by atoms with Gasteiger partial charge >= 0.3 is 5.97 Å². The van der Waals surface area contributed by atoms with Crippen molar-refractivity contribution < 1.29 is 9.90 Å². The van der Waals surface area contributed by atoms with Crippen molar-refractivity contribution in [1.82, 2.24) is 14.2 Å². The van der Waals surface area contributed by atoms with Gasteiger partial charge in [0.1, 0.15) is 5.52 Å². The molecule has 1 N–H and O–H groups in total. The molecule has 0 aromatic carbocycles. The number of aryl methyl sites for hydroxylation is 2. The zero-order chi connectivity index (χ0) is 14.3. The van der Waals surface area contributed by atoms with Gasteiger partial charge in [0, 0.05) is 24.5 Å². The molecule has 6 heteroatoms. The van der Waals surface area contributed by atoms with Crippen molar-refractivity contribution in [3.05, 3.63) is 34.0 Å². The lowest BCUT2D eigenvalue weighted by molar-refractivity contribution is -0.137. The Labute approximate surface area is 115 Å². The Morgan fingerprint density at radius 3 is 3.05 bits per heavy atom. The van der Waals surface area contributed by atoms with Gasteiger partial charge in [-0.05, 0) is 25.2 Å². The molecular formula is C14H17N3O3. The Hall–Kier alpha value is -2.11. The van der Waals surface area contributed by atoms with Crippen molar-refractivity contribution >= 4 is 11.5 Å². The second-order valence-corrected chi connectivity index (χ2v) is 5.51. The van der Waals surface area contributed by atoms with E-state index in [1.807, 2.05) is 0 Å². The standard InChI is InChI=1S/C14H17N3O3/c1-9-2-3-11-10(8-9)13-14(20)16(5-4-12(18)19)6-7-17(13)15-11/h6-7,9H,2-5,8H2,1H3,(H,18,19)/t9-/m0/s1. The molecule has 6 nitrogen and oxygen atoms in total. The Morgan fingerprint density at radius 2 is 2.30 bits per heavy atom. The molecule has 0 radical (unpaired) electrons. The van der Waals surface area contributed by atoms with Gasteiger partial charge in [0.15, 0.2) is 0 Å². The van der Waals surface area contributed by atoms with Gasteiger partial charge in [-0.25, -0.2) is 4.52 Å². The van der Waals surface area contributed by atoms with Crippen molar-refractivity contribution in [3.63, 3.8) is 0 Å². The van der Waals surface area contributed by atoms with Crippen LogP contribution in [0, 0.1) is 5.92 Å². The molecule has 2 heterocycles. The maximum Gasteiger partial charge on any atom is 0.305 e. The van der Waals surface area contributed by atoms with E-state index >= 15 is 0 Å². The van der Waals surface area contributed by atoms with E-state index in [9.17, 15) is 9.59 Å². The molecule has 0 saturated carbocycles. The van der Waals surface area contributed by atoms with Gasteiger partial charge in [-0.15, -0.1) is 0 Å². The molecule has 0 saturated heterocycles. The molecule has 1 aliphatic rings. The van der Waals surface area contributed by atoms with Crippen LogP contribution in [0.1, 0.15) is 31.0 Å². The van der Waals surface area contributed by atoms with E-state index in [2.05, 4.69) is 12.0 Å². The highest BCUT2D eigenvalue weighted by Gasteiger charge is 2.23. The van der Waals surface area contributed by atoms with Gasteiger partial charge in [-0.2, -0.15) is 5.10 Å². The molecule has 1 atom stereocenters. The third-order valence-electron chi connectivity index (χ3n) is 3.94. The Kier molecular flexibility index (Phi) is 3.08. The molecule has 2 aromatic heterocycles. The fraction of sp³-hybridized carbons (Fsp3) is 0.500. The summed E-state index contributed by atoms with van der Waals surface area (Å²) in [6, 6.07) is 0. The number of hydrogen-bond acceptors (Lipinski definition) is 3. The van der Waals surface area contributed by atoms with Crippen LogP contribution in [0.5, 0.6) is 0 Å². The minimum atomic E-state index is -0.902. The van der Waals surface area contributed by atoms with E-state index in [0.29, 0.717) is 11.4 Å². The SMILES string of the molecule is C[C@H]1CCc2nn3ccn(CCC(=O)O)c(=O)c3c2C1. The number of aromatic nitrogens is 3. The van der Waals surface area contributed by atoms with Crippen LogP contribution in [0.4, 0.5) is 0 Å². The quantitative estimate of drug-likeness (QED) is 0.910. The maximum atomic E-state index is 12.5. The predicted molar refractivity (Wildman–Crippen MR) is 72.9 cm³/mol. The van der Waals surface area contributed by atoms with Crippen molar-refractivity contribution in [2.75, 3.05) is 0 Å². The summed E-state index contributed by atoms with van der Waals surface area (Å²) in [7, 11) is 0. The summed E-state index contributed by atoms with van der Waals surface area (Å²) >= 11 is 0. The number of nitrogens with zero attached hydrogens (tertiary/aromatic N) is 3. The highest BCUT2D eigenvalue weighted by Crippen LogP contribution is 2.26. The summed E-state index contributed by atoms with van der Waals surface area (Å²) in [4.78, 5) is 23.1. The number of rotatable bonds is 3. The largest absolute Gasteiger partial charge is 0.481 e. The number of fused-ring (bicyclic) bond motifs is 3. The third kappa shape index (κ3) is 2.11. The Bertz CT molecular complexity index is 729. The average Bonchev–Trinajstić information content (AvgIpc) is 2.76. The van der Waals surface area contributed by atoms with Gasteiger partial charge in [-0.1, -0.05) is 6.92 Å². The maximum absolute atomic E-state index is 12.5. The first-order chi connectivity index (χ1) is 9.56. The second kappa shape index (κ2) is 4.77. The molecule has 20 heavy (non-hydrogen) atoms. The van der Waals surface area contributed by atoms with Crippen LogP contribution < -0.4 is 5.56 Å². The fourth-order valence-corrected chi connectivity index (χ4v) is 2.84. The monoisotopic (exact) mass is 275 g/mol. The molecule has 2 aromatic rings. The van der Waals surface area contributed by atoms with Gasteiger partial charge in [-0.3, -0.25) is 9.59 Å². The number of carbonyl (C=O) groups is 1. The van der Waals surface area contributed by atoms with E-state index in [0.717, 1.165) is 30.5 Å². The number of aliphatic carboxylic acids is 1. The van der Waals surface area contributed by atoms with Gasteiger partial charge in [0.25, 0.3) is 5.56 Å². The van der Waals surface area contributed by atoms with Crippen LogP contribution in [-0.2, 0) is 24.2 Å². The van der Waals surface area contributed by atoms with E-state index in [4.69, 9.17) is 5.11 Å². The Balaban J connectivity index is 2.09. The summed E-state index contributed by atoms with van der Waals surface area (Å²) < 4.78 is 3.10. The van der Waals surface area contributed by atoms with Crippen molar-refractivity contribution in [1.29, 1.82) is 0 Å². The van der Waals surface area contributed by atoms with E-state index in [-0.39, 0.29) is 18.5 Å². The van der Waals surface area contributed by atoms with Crippen LogP contribution in [0.2, 0.25) is 0 Å². The molecular weight excluding hydrogens is 258 g/mol. The summed E-state index contributed by atoms with van der Waals surface area (Å²) in [6.45, 7) is 2.37. The molecule has 0 fully saturated rings. The zero-order valence-corrected chi connectivity index (χ0v) is 11.4. The van der Waals surface area contributed by atoms with E-state index in [1.165, 1.54) is 4.57 Å². The van der Waals surface area contributed by atoms with Crippen LogP contribution in [0.3, 0.4) is 0 Å². The first-order valence-electron chi connectivity index (χ1n) is 6.87. The van der Waals surface area contributed by atoms with E-state index in [1.54, 1.807) is 16.9 Å². The van der Waals surface area contributed by atoms with Crippen molar-refractivity contribution in [3.8, 4) is 0 Å². The van der Waals surface area contributed by atoms with Crippen LogP contribution in [-0.4, -0.2) is 25.3 Å².